The number of aliphatic hydroxyl groups is 1. The Morgan fingerprint density at radius 3 is 2.27 bits per heavy atom. The average Bonchev–Trinajstić information content (AvgIpc) is 3.13. The zero-order chi connectivity index (χ0) is 15.3. The molecule has 1 aromatic carbocycles. The van der Waals surface area contributed by atoms with Gasteiger partial charge >= 0.3 is 138 Å². The minimum atomic E-state index is -2.40. The number of hydrogen-bond acceptors (Lipinski definition) is 2. The van der Waals surface area contributed by atoms with E-state index in [4.69, 9.17) is 0 Å². The van der Waals surface area contributed by atoms with Crippen molar-refractivity contribution in [2.24, 2.45) is 0 Å². The normalized spacial score (nSPS) is 23.5. The molecule has 1 atom stereocenters. The summed E-state index contributed by atoms with van der Waals surface area (Å²) < 4.78 is 2.39. The van der Waals surface area contributed by atoms with Gasteiger partial charge in [-0.1, -0.05) is 0 Å². The summed E-state index contributed by atoms with van der Waals surface area (Å²) in [6, 6.07) is 11.1. The number of nitrogens with zero attached hydrogens (tertiary/aromatic N) is 1. The molecule has 0 spiro atoms. The SMILES string of the molecule is O[CH2][Ge@]([CH2]CN1CCCCC1)([c]1ccccc1)[CH]1CCCC1. The molecule has 2 nitrogen and oxygen atoms in total. The van der Waals surface area contributed by atoms with Crippen molar-refractivity contribution in [2.45, 2.75) is 54.9 Å². The molecule has 0 amide bonds. The van der Waals surface area contributed by atoms with Gasteiger partial charge in [0.25, 0.3) is 0 Å². The van der Waals surface area contributed by atoms with Gasteiger partial charge in [0.2, 0.25) is 0 Å². The van der Waals surface area contributed by atoms with Crippen LogP contribution in [0.1, 0.15) is 44.9 Å². The van der Waals surface area contributed by atoms with Crippen LogP contribution in [0.15, 0.2) is 30.3 Å². The number of likely N-dealkylation sites (tertiary alicyclic amines) is 1. The summed E-state index contributed by atoms with van der Waals surface area (Å²) in [4.78, 5) is 2.66. The monoisotopic (exact) mass is 363 g/mol. The van der Waals surface area contributed by atoms with Crippen LogP contribution in [-0.4, -0.2) is 48.3 Å². The zero-order valence-corrected chi connectivity index (χ0v) is 15.9. The predicted octanol–water partition coefficient (Wildman–Crippen LogP) is 3.30. The van der Waals surface area contributed by atoms with Crippen LogP contribution in [0.4, 0.5) is 0 Å². The number of piperidine rings is 1. The van der Waals surface area contributed by atoms with Crippen LogP contribution in [0.2, 0.25) is 10.0 Å². The third-order valence-electron chi connectivity index (χ3n) is 6.09. The first-order valence-electron chi connectivity index (χ1n) is 9.24. The fraction of sp³-hybridized carbons (Fsp3) is 0.684. The molecule has 2 fully saturated rings. The van der Waals surface area contributed by atoms with Crippen LogP contribution in [0.25, 0.3) is 0 Å². The summed E-state index contributed by atoms with van der Waals surface area (Å²) in [5.74, 6) is 0. The van der Waals surface area contributed by atoms with Gasteiger partial charge in [-0.05, 0) is 0 Å². The van der Waals surface area contributed by atoms with Crippen molar-refractivity contribution in [1.29, 1.82) is 0 Å². The molecule has 1 N–H and O–H groups in total. The Morgan fingerprint density at radius 1 is 0.955 bits per heavy atom. The second-order valence-corrected chi connectivity index (χ2v) is 16.8. The van der Waals surface area contributed by atoms with Crippen molar-refractivity contribution in [3.8, 4) is 0 Å². The molecular weight excluding hydrogens is 331 g/mol. The van der Waals surface area contributed by atoms with E-state index >= 15 is 0 Å². The fourth-order valence-corrected chi connectivity index (χ4v) is 14.9. The number of rotatable bonds is 6. The van der Waals surface area contributed by atoms with Crippen LogP contribution in [-0.2, 0) is 0 Å². The molecule has 1 aliphatic carbocycles. The first kappa shape index (κ1) is 16.5. The molecule has 1 saturated heterocycles. The summed E-state index contributed by atoms with van der Waals surface area (Å²) in [5, 5.41) is 11.8. The molecule has 1 saturated carbocycles. The molecule has 1 aliphatic heterocycles. The summed E-state index contributed by atoms with van der Waals surface area (Å²) >= 11 is -2.40. The molecule has 0 aromatic heterocycles. The fourth-order valence-electron chi connectivity index (χ4n) is 4.67. The van der Waals surface area contributed by atoms with Crippen LogP contribution < -0.4 is 4.40 Å². The molecule has 22 heavy (non-hydrogen) atoms. The van der Waals surface area contributed by atoms with Crippen LogP contribution in [0.5, 0.6) is 0 Å². The van der Waals surface area contributed by atoms with Gasteiger partial charge in [0, 0.05) is 0 Å². The van der Waals surface area contributed by atoms with E-state index in [0.29, 0.717) is 5.44 Å². The third kappa shape index (κ3) is 3.60. The van der Waals surface area contributed by atoms with E-state index in [9.17, 15) is 5.11 Å². The Morgan fingerprint density at radius 2 is 1.64 bits per heavy atom. The molecule has 3 heteroatoms. The van der Waals surface area contributed by atoms with E-state index in [1.54, 1.807) is 4.40 Å². The molecule has 122 valence electrons. The van der Waals surface area contributed by atoms with Crippen molar-refractivity contribution in [3.05, 3.63) is 30.3 Å². The first-order chi connectivity index (χ1) is 10.8. The van der Waals surface area contributed by atoms with Gasteiger partial charge in [-0.2, -0.15) is 0 Å². The van der Waals surface area contributed by atoms with Gasteiger partial charge in [0.05, 0.1) is 0 Å². The summed E-state index contributed by atoms with van der Waals surface area (Å²) in [6.07, 6.45) is 9.65. The van der Waals surface area contributed by atoms with Crippen LogP contribution in [0, 0.1) is 0 Å². The second kappa shape index (κ2) is 7.98. The maximum absolute atomic E-state index is 10.5. The maximum atomic E-state index is 10.5. The van der Waals surface area contributed by atoms with Crippen molar-refractivity contribution in [1.82, 2.24) is 4.90 Å². The number of benzene rings is 1. The van der Waals surface area contributed by atoms with Gasteiger partial charge in [0.15, 0.2) is 0 Å². The van der Waals surface area contributed by atoms with E-state index < -0.39 is 13.3 Å². The number of hydrogen-bond donors (Lipinski definition) is 1. The standard InChI is InChI=1S/C19H31GeNO/c22-17-20(19-11-5-6-12-19,18-9-3-1-4-10-18)13-16-21-14-7-2-8-15-21/h1,3-4,9-10,19,22H,2,5-8,11-17H2/t20-/m1/s1. The van der Waals surface area contributed by atoms with Crippen molar-refractivity contribution < 1.29 is 5.11 Å². The van der Waals surface area contributed by atoms with Gasteiger partial charge in [0.1, 0.15) is 0 Å². The zero-order valence-electron chi connectivity index (χ0n) is 13.8. The van der Waals surface area contributed by atoms with E-state index in [-0.39, 0.29) is 0 Å². The van der Waals surface area contributed by atoms with Crippen molar-refractivity contribution in [2.75, 3.05) is 25.1 Å². The summed E-state index contributed by atoms with van der Waals surface area (Å²) in [5.41, 5.74) is 0.489. The van der Waals surface area contributed by atoms with Crippen molar-refractivity contribution >= 4 is 17.7 Å². The molecule has 1 heterocycles. The quantitative estimate of drug-likeness (QED) is 0.786. The van der Waals surface area contributed by atoms with E-state index in [2.05, 4.69) is 35.2 Å². The van der Waals surface area contributed by atoms with E-state index in [1.165, 1.54) is 69.8 Å². The predicted molar refractivity (Wildman–Crippen MR) is 96.2 cm³/mol. The Bertz CT molecular complexity index is 440. The Labute approximate surface area is 138 Å². The molecule has 0 bridgehead atoms. The summed E-state index contributed by atoms with van der Waals surface area (Å²) in [6.45, 7) is 3.79. The molecule has 1 aromatic rings. The Hall–Kier alpha value is -0.317. The molecule has 2 aliphatic rings. The summed E-state index contributed by atoms with van der Waals surface area (Å²) in [7, 11) is 0. The Balaban J connectivity index is 1.78. The van der Waals surface area contributed by atoms with Gasteiger partial charge in [-0.25, -0.2) is 0 Å². The van der Waals surface area contributed by atoms with Crippen LogP contribution >= 0.6 is 0 Å². The minimum absolute atomic E-state index is 0.489. The molecule has 0 radical (unpaired) electrons. The average molecular weight is 362 g/mol. The number of aliphatic hydroxyl groups excluding tert-OH is 1. The van der Waals surface area contributed by atoms with Gasteiger partial charge in [-0.15, -0.1) is 0 Å². The molecule has 3 rings (SSSR count). The second-order valence-electron chi connectivity index (χ2n) is 7.31. The molecular formula is C19H31GeNO. The van der Waals surface area contributed by atoms with Gasteiger partial charge in [-0.3, -0.25) is 0 Å². The van der Waals surface area contributed by atoms with E-state index in [1.807, 2.05) is 0 Å². The van der Waals surface area contributed by atoms with E-state index in [0.717, 1.165) is 4.75 Å². The molecule has 0 unspecified atom stereocenters. The first-order valence-corrected chi connectivity index (χ1v) is 14.5. The van der Waals surface area contributed by atoms with Crippen molar-refractivity contribution in [3.63, 3.8) is 0 Å². The Kier molecular flexibility index (Phi) is 6.00. The third-order valence-corrected chi connectivity index (χ3v) is 17.2. The topological polar surface area (TPSA) is 23.5 Å². The van der Waals surface area contributed by atoms with Gasteiger partial charge < -0.3 is 0 Å². The van der Waals surface area contributed by atoms with Crippen LogP contribution in [0.3, 0.4) is 0 Å².